The predicted molar refractivity (Wildman–Crippen MR) is 119 cm³/mol. The summed E-state index contributed by atoms with van der Waals surface area (Å²) >= 11 is 13.5. The van der Waals surface area contributed by atoms with Crippen LogP contribution in [0.4, 0.5) is 0 Å². The molecule has 2 aromatic carbocycles. The Kier molecular flexibility index (Phi) is 5.08. The summed E-state index contributed by atoms with van der Waals surface area (Å²) in [5, 5.41) is 6.17. The van der Waals surface area contributed by atoms with E-state index >= 15 is 0 Å². The van der Waals surface area contributed by atoms with Gasteiger partial charge in [0.1, 0.15) is 11.3 Å². The van der Waals surface area contributed by atoms with E-state index in [1.807, 2.05) is 24.3 Å². The smallest absolute Gasteiger partial charge is 0.291 e. The maximum Gasteiger partial charge on any atom is 0.291 e. The van der Waals surface area contributed by atoms with E-state index in [1.54, 1.807) is 18.2 Å². The normalized spacial score (nSPS) is 12.0. The fourth-order valence-electron chi connectivity index (χ4n) is 3.10. The Bertz CT molecular complexity index is 1510. The standard InChI is InChI=1S/C19H10Cl2N4O2S.ClH/c1-27-16-9(6-10(20)8-12(16)21)7-14-18(26)25-19(28-14)23-17-15(24-25)11-4-2-3-5-13(11)22-17;/h2-8H,1H3;1H/b14-7-;. The predicted octanol–water partition coefficient (Wildman–Crippen LogP) is 4.14. The topological polar surface area (TPSA) is 69.4 Å². The van der Waals surface area contributed by atoms with Crippen molar-refractivity contribution in [2.75, 3.05) is 7.11 Å². The molecule has 6 nitrogen and oxygen atoms in total. The van der Waals surface area contributed by atoms with Gasteiger partial charge in [-0.05, 0) is 24.3 Å². The SMILES string of the molecule is COc1c(Cl)cc(Cl)cc1/C=c1\sc2nc3nc4ccccc4c3nn2c1=O.Cl. The lowest BCUT2D eigenvalue weighted by Crippen LogP contribution is -2.24. The second-order valence-electron chi connectivity index (χ2n) is 6.03. The number of nitrogens with zero attached hydrogens (tertiary/aromatic N) is 4. The van der Waals surface area contributed by atoms with Crippen LogP contribution in [0.25, 0.3) is 33.1 Å². The lowest BCUT2D eigenvalue weighted by Gasteiger charge is -2.07. The molecule has 0 aliphatic carbocycles. The van der Waals surface area contributed by atoms with Crippen LogP contribution in [-0.4, -0.2) is 26.7 Å². The first-order valence-corrected chi connectivity index (χ1v) is 9.75. The Labute approximate surface area is 183 Å². The first-order chi connectivity index (χ1) is 13.5. The van der Waals surface area contributed by atoms with Crippen molar-refractivity contribution in [3.05, 3.63) is 66.9 Å². The first kappa shape index (κ1) is 19.8. The van der Waals surface area contributed by atoms with Gasteiger partial charge in [0.15, 0.2) is 5.65 Å². The fraction of sp³-hybridized carbons (Fsp3) is 0.0526. The van der Waals surface area contributed by atoms with Crippen molar-refractivity contribution in [2.24, 2.45) is 0 Å². The number of hydrogen-bond donors (Lipinski definition) is 0. The highest BCUT2D eigenvalue weighted by atomic mass is 35.5. The van der Waals surface area contributed by atoms with Gasteiger partial charge in [-0.25, -0.2) is 4.98 Å². The number of aromatic nitrogens is 4. The number of hydrogen-bond acceptors (Lipinski definition) is 6. The van der Waals surface area contributed by atoms with Gasteiger partial charge >= 0.3 is 0 Å². The van der Waals surface area contributed by atoms with Crippen molar-refractivity contribution in [2.45, 2.75) is 0 Å². The van der Waals surface area contributed by atoms with E-state index < -0.39 is 0 Å². The average Bonchev–Trinajstić information content (AvgIpc) is 3.17. The molecule has 0 spiro atoms. The van der Waals surface area contributed by atoms with Gasteiger partial charge in [-0.1, -0.05) is 52.7 Å². The quantitative estimate of drug-likeness (QED) is 0.392. The van der Waals surface area contributed by atoms with E-state index in [9.17, 15) is 4.79 Å². The van der Waals surface area contributed by atoms with Crippen LogP contribution in [0.5, 0.6) is 5.75 Å². The number of fused-ring (bicyclic) bond motifs is 4. The summed E-state index contributed by atoms with van der Waals surface area (Å²) < 4.78 is 7.08. The van der Waals surface area contributed by atoms with Crippen LogP contribution in [0.2, 0.25) is 10.0 Å². The second-order valence-corrected chi connectivity index (χ2v) is 7.89. The first-order valence-electron chi connectivity index (χ1n) is 8.18. The summed E-state index contributed by atoms with van der Waals surface area (Å²) in [5.74, 6) is 0.445. The van der Waals surface area contributed by atoms with Gasteiger partial charge in [-0.2, -0.15) is 14.6 Å². The van der Waals surface area contributed by atoms with E-state index in [0.717, 1.165) is 10.9 Å². The highest BCUT2D eigenvalue weighted by Gasteiger charge is 2.14. The lowest BCUT2D eigenvalue weighted by atomic mass is 10.2. The Balaban J connectivity index is 0.00000205. The van der Waals surface area contributed by atoms with Crippen molar-refractivity contribution in [1.82, 2.24) is 19.6 Å². The molecule has 3 aromatic heterocycles. The molecule has 0 radical (unpaired) electrons. The minimum absolute atomic E-state index is 0. The molecule has 0 atom stereocenters. The third-order valence-corrected chi connectivity index (χ3v) is 5.77. The number of benzene rings is 2. The van der Waals surface area contributed by atoms with Gasteiger partial charge in [0.05, 0.1) is 22.2 Å². The molecule has 146 valence electrons. The number of para-hydroxylation sites is 1. The third kappa shape index (κ3) is 3.20. The highest BCUT2D eigenvalue weighted by Crippen LogP contribution is 2.32. The van der Waals surface area contributed by atoms with Gasteiger partial charge in [0.2, 0.25) is 4.96 Å². The fourth-order valence-corrected chi connectivity index (χ4v) is 4.58. The van der Waals surface area contributed by atoms with Gasteiger partial charge in [-0.15, -0.1) is 12.4 Å². The molecule has 0 saturated heterocycles. The maximum atomic E-state index is 12.9. The highest BCUT2D eigenvalue weighted by molar-refractivity contribution is 7.15. The Morgan fingerprint density at radius 2 is 1.97 bits per heavy atom. The summed E-state index contributed by atoms with van der Waals surface area (Å²) in [5.41, 5.74) is 2.23. The minimum Gasteiger partial charge on any atom is -0.495 e. The van der Waals surface area contributed by atoms with Crippen LogP contribution in [0.15, 0.2) is 41.2 Å². The van der Waals surface area contributed by atoms with Gasteiger partial charge < -0.3 is 4.74 Å². The molecule has 0 unspecified atom stereocenters. The largest absolute Gasteiger partial charge is 0.495 e. The van der Waals surface area contributed by atoms with Gasteiger partial charge in [0.25, 0.3) is 5.56 Å². The van der Waals surface area contributed by atoms with Crippen LogP contribution >= 0.6 is 46.9 Å². The number of methoxy groups -OCH3 is 1. The minimum atomic E-state index is -0.280. The molecule has 3 heterocycles. The number of ether oxygens (including phenoxy) is 1. The Morgan fingerprint density at radius 1 is 1.17 bits per heavy atom. The zero-order chi connectivity index (χ0) is 19.4. The maximum absolute atomic E-state index is 12.9. The van der Waals surface area contributed by atoms with Crippen molar-refractivity contribution in [1.29, 1.82) is 0 Å². The summed E-state index contributed by atoms with van der Waals surface area (Å²) in [6.07, 6.45) is 1.68. The zero-order valence-corrected chi connectivity index (χ0v) is 17.9. The molecule has 0 aliphatic rings. The van der Waals surface area contributed by atoms with Crippen LogP contribution in [0.1, 0.15) is 5.56 Å². The van der Waals surface area contributed by atoms with Gasteiger partial charge in [-0.3, -0.25) is 4.79 Å². The van der Waals surface area contributed by atoms with Crippen molar-refractivity contribution in [3.63, 3.8) is 0 Å². The van der Waals surface area contributed by atoms with Crippen LogP contribution in [0, 0.1) is 0 Å². The van der Waals surface area contributed by atoms with Crippen LogP contribution in [-0.2, 0) is 0 Å². The molecule has 0 fully saturated rings. The molecule has 0 bridgehead atoms. The van der Waals surface area contributed by atoms with Crippen LogP contribution in [0.3, 0.4) is 0 Å². The van der Waals surface area contributed by atoms with Crippen LogP contribution < -0.4 is 14.8 Å². The molecule has 0 N–H and O–H groups in total. The van der Waals surface area contributed by atoms with E-state index in [4.69, 9.17) is 27.9 Å². The lowest BCUT2D eigenvalue weighted by molar-refractivity contribution is 0.414. The summed E-state index contributed by atoms with van der Waals surface area (Å²) in [6, 6.07) is 10.9. The number of halogens is 3. The Morgan fingerprint density at radius 3 is 2.76 bits per heavy atom. The molecule has 5 rings (SSSR count). The average molecular weight is 466 g/mol. The molecular formula is C19H11Cl3N4O2S. The molecule has 29 heavy (non-hydrogen) atoms. The molecular weight excluding hydrogens is 455 g/mol. The molecule has 10 heteroatoms. The summed E-state index contributed by atoms with van der Waals surface area (Å²) in [6.45, 7) is 0. The van der Waals surface area contributed by atoms with Crippen molar-refractivity contribution >= 4 is 80.0 Å². The molecule has 0 saturated carbocycles. The van der Waals surface area contributed by atoms with E-state index in [1.165, 1.54) is 23.0 Å². The summed E-state index contributed by atoms with van der Waals surface area (Å²) in [4.78, 5) is 22.4. The van der Waals surface area contributed by atoms with Crippen molar-refractivity contribution < 1.29 is 4.74 Å². The van der Waals surface area contributed by atoms with Gasteiger partial charge in [0, 0.05) is 16.0 Å². The monoisotopic (exact) mass is 464 g/mol. The Hall–Kier alpha value is -2.45. The molecule has 5 aromatic rings. The third-order valence-electron chi connectivity index (χ3n) is 4.31. The van der Waals surface area contributed by atoms with E-state index in [2.05, 4.69) is 15.1 Å². The van der Waals surface area contributed by atoms with E-state index in [-0.39, 0.29) is 18.0 Å². The number of thiazole rings is 1. The van der Waals surface area contributed by atoms with Crippen molar-refractivity contribution in [3.8, 4) is 5.75 Å². The molecule has 0 amide bonds. The van der Waals surface area contributed by atoms with E-state index in [0.29, 0.717) is 42.0 Å². The zero-order valence-electron chi connectivity index (χ0n) is 14.7. The summed E-state index contributed by atoms with van der Waals surface area (Å²) in [7, 11) is 1.51. The second kappa shape index (κ2) is 7.42. The molecule has 0 aliphatic heterocycles. The number of rotatable bonds is 2.